The largest absolute Gasteiger partial charge is 0.490 e. The minimum atomic E-state index is -5.08. The number of rotatable bonds is 15. The summed E-state index contributed by atoms with van der Waals surface area (Å²) >= 11 is 0. The number of aliphatic carboxylic acids is 4. The zero-order chi connectivity index (χ0) is 39.3. The van der Waals surface area contributed by atoms with Gasteiger partial charge in [-0.1, -0.05) is 12.0 Å². The van der Waals surface area contributed by atoms with Crippen LogP contribution in [-0.4, -0.2) is 90.9 Å². The van der Waals surface area contributed by atoms with Gasteiger partial charge in [-0.3, -0.25) is 19.2 Å². The Labute approximate surface area is 290 Å². The number of carbonyl (C=O) groups is 6. The van der Waals surface area contributed by atoms with E-state index in [1.807, 2.05) is 0 Å². The molecule has 0 spiro atoms. The van der Waals surface area contributed by atoms with Crippen molar-refractivity contribution in [1.82, 2.24) is 20.6 Å². The number of hydrogen-bond acceptors (Lipinski definition) is 9. The Kier molecular flexibility index (Phi) is 14.8. The number of aryl methyl sites for hydroxylation is 1. The highest BCUT2D eigenvalue weighted by Crippen LogP contribution is 2.22. The molecule has 2 aromatic carbocycles. The SMILES string of the molecule is C#CCN(Cc1ccc2nc(C)[nH]c(=O)c2c1)c1ccc(C(=O)N[C@@H](CCC(=O)N[C@@H](CCC(=O)O)C(=O)O)C(=O)O)c(F)c1.O=C(O)C(F)(F)F. The predicted octanol–water partition coefficient (Wildman–Crippen LogP) is 2.04. The van der Waals surface area contributed by atoms with E-state index in [0.717, 1.165) is 12.1 Å². The fourth-order valence-electron chi connectivity index (χ4n) is 4.42. The summed E-state index contributed by atoms with van der Waals surface area (Å²) in [7, 11) is 0. The molecule has 278 valence electrons. The van der Waals surface area contributed by atoms with E-state index in [1.165, 1.54) is 6.07 Å². The number of carboxylic acids is 4. The van der Waals surface area contributed by atoms with Gasteiger partial charge >= 0.3 is 30.1 Å². The molecular formula is C32H31F4N5O11. The van der Waals surface area contributed by atoms with Crippen LogP contribution >= 0.6 is 0 Å². The molecule has 16 nitrogen and oxygen atoms in total. The van der Waals surface area contributed by atoms with E-state index in [4.69, 9.17) is 26.5 Å². The lowest BCUT2D eigenvalue weighted by atomic mass is 10.1. The summed E-state index contributed by atoms with van der Waals surface area (Å²) in [4.78, 5) is 88.5. The lowest BCUT2D eigenvalue weighted by molar-refractivity contribution is -0.192. The Balaban J connectivity index is 0.00000121. The van der Waals surface area contributed by atoms with Gasteiger partial charge in [-0.05, 0) is 55.7 Å². The average Bonchev–Trinajstić information content (AvgIpc) is 3.04. The number of anilines is 1. The van der Waals surface area contributed by atoms with Crippen molar-refractivity contribution in [2.45, 2.75) is 57.4 Å². The van der Waals surface area contributed by atoms with Gasteiger partial charge in [0, 0.05) is 25.1 Å². The van der Waals surface area contributed by atoms with E-state index < -0.39 is 84.6 Å². The van der Waals surface area contributed by atoms with Crippen molar-refractivity contribution in [1.29, 1.82) is 0 Å². The van der Waals surface area contributed by atoms with E-state index >= 15 is 4.39 Å². The summed E-state index contributed by atoms with van der Waals surface area (Å²) in [5.41, 5.74) is 0.699. The second-order valence-corrected chi connectivity index (χ2v) is 10.8. The third-order valence-corrected chi connectivity index (χ3v) is 6.89. The number of benzene rings is 2. The van der Waals surface area contributed by atoms with Gasteiger partial charge in [-0.25, -0.2) is 23.8 Å². The molecule has 1 aromatic heterocycles. The summed E-state index contributed by atoms with van der Waals surface area (Å²) in [6.07, 6.45) is -1.45. The number of aromatic amines is 1. The molecule has 0 fully saturated rings. The number of amides is 2. The quantitative estimate of drug-likeness (QED) is 0.0872. The van der Waals surface area contributed by atoms with Crippen LogP contribution in [-0.2, 0) is 30.5 Å². The van der Waals surface area contributed by atoms with E-state index in [1.54, 1.807) is 30.0 Å². The third-order valence-electron chi connectivity index (χ3n) is 6.89. The third kappa shape index (κ3) is 12.7. The summed E-state index contributed by atoms with van der Waals surface area (Å²) in [6, 6.07) is 5.56. The fraction of sp³-hybridized carbons (Fsp3) is 0.312. The molecule has 0 radical (unpaired) electrons. The second kappa shape index (κ2) is 18.5. The molecule has 3 aromatic rings. The molecule has 0 saturated carbocycles. The Morgan fingerprint density at radius 3 is 2.08 bits per heavy atom. The molecule has 0 aliphatic rings. The maximum absolute atomic E-state index is 15.2. The molecule has 0 bridgehead atoms. The lowest BCUT2D eigenvalue weighted by Gasteiger charge is -2.23. The Bertz CT molecular complexity index is 1940. The predicted molar refractivity (Wildman–Crippen MR) is 172 cm³/mol. The summed E-state index contributed by atoms with van der Waals surface area (Å²) in [5, 5.41) is 39.2. The second-order valence-electron chi connectivity index (χ2n) is 10.8. The van der Waals surface area contributed by atoms with Gasteiger partial charge in [0.05, 0.1) is 23.0 Å². The highest BCUT2D eigenvalue weighted by molar-refractivity contribution is 5.97. The van der Waals surface area contributed by atoms with Gasteiger partial charge < -0.3 is 40.9 Å². The Morgan fingerprint density at radius 2 is 1.54 bits per heavy atom. The van der Waals surface area contributed by atoms with Gasteiger partial charge in [0.2, 0.25) is 5.91 Å². The zero-order valence-corrected chi connectivity index (χ0v) is 27.0. The molecule has 52 heavy (non-hydrogen) atoms. The molecule has 2 amide bonds. The van der Waals surface area contributed by atoms with E-state index in [0.29, 0.717) is 28.0 Å². The average molecular weight is 738 g/mol. The summed E-state index contributed by atoms with van der Waals surface area (Å²) in [6.45, 7) is 1.89. The van der Waals surface area contributed by atoms with Crippen molar-refractivity contribution in [3.8, 4) is 12.3 Å². The van der Waals surface area contributed by atoms with Gasteiger partial charge in [0.25, 0.3) is 11.5 Å². The van der Waals surface area contributed by atoms with Crippen LogP contribution in [0.1, 0.15) is 47.4 Å². The van der Waals surface area contributed by atoms with E-state index in [-0.39, 0.29) is 25.1 Å². The van der Waals surface area contributed by atoms with Crippen LogP contribution in [0, 0.1) is 25.1 Å². The van der Waals surface area contributed by atoms with Crippen molar-refractivity contribution >= 4 is 52.3 Å². The number of terminal acetylenes is 1. The number of fused-ring (bicyclic) bond motifs is 1. The van der Waals surface area contributed by atoms with E-state index in [9.17, 15) is 47.0 Å². The molecule has 1 heterocycles. The van der Waals surface area contributed by atoms with Crippen molar-refractivity contribution in [2.75, 3.05) is 11.4 Å². The molecule has 0 saturated heterocycles. The first-order chi connectivity index (χ1) is 24.2. The normalized spacial score (nSPS) is 11.9. The van der Waals surface area contributed by atoms with Crippen LogP contribution in [0.25, 0.3) is 10.9 Å². The van der Waals surface area contributed by atoms with Crippen molar-refractivity contribution in [3.05, 3.63) is 69.5 Å². The maximum Gasteiger partial charge on any atom is 0.490 e. The molecule has 20 heteroatoms. The van der Waals surface area contributed by atoms with Crippen molar-refractivity contribution < 1.29 is 66.8 Å². The number of nitrogens with one attached hydrogen (secondary N) is 3. The minimum absolute atomic E-state index is 0.0493. The molecule has 0 aliphatic heterocycles. The molecule has 0 aliphatic carbocycles. The topological polar surface area (TPSA) is 256 Å². The van der Waals surface area contributed by atoms with Crippen LogP contribution < -0.4 is 21.1 Å². The highest BCUT2D eigenvalue weighted by Gasteiger charge is 2.38. The molecule has 0 unspecified atom stereocenters. The van der Waals surface area contributed by atoms with Crippen molar-refractivity contribution in [2.24, 2.45) is 0 Å². The van der Waals surface area contributed by atoms with Crippen molar-refractivity contribution in [3.63, 3.8) is 0 Å². The standard InChI is InChI=1S/C30H30FN5O9.C2HF3O2/c1-3-12-36(15-17-4-7-22-20(13-17)28(41)33-16(2)32-22)18-5-6-19(21(31)14-18)27(40)35-24(30(44)45)8-10-25(37)34-23(29(42)43)9-11-26(38)39;3-2(4,5)1(6)7/h1,4-7,13-14,23-24H,8-12,15H2,2H3,(H,34,37)(H,35,40)(H,38,39)(H,42,43)(H,44,45)(H,32,33,41);(H,6,7)/t23-,24-;/m0./s1. The lowest BCUT2D eigenvalue weighted by Crippen LogP contribution is -2.44. The first kappa shape index (κ1) is 41.7. The summed E-state index contributed by atoms with van der Waals surface area (Å²) < 4.78 is 46.9. The van der Waals surface area contributed by atoms with Crippen LogP contribution in [0.15, 0.2) is 41.2 Å². The molecule has 2 atom stereocenters. The summed E-state index contributed by atoms with van der Waals surface area (Å²) in [5.74, 6) is -6.99. The van der Waals surface area contributed by atoms with Gasteiger partial charge in [-0.2, -0.15) is 13.2 Å². The van der Waals surface area contributed by atoms with Gasteiger partial charge in [0.1, 0.15) is 23.7 Å². The first-order valence-electron chi connectivity index (χ1n) is 14.8. The molecular weight excluding hydrogens is 706 g/mol. The number of carboxylic acid groups (broad SMARTS) is 4. The maximum atomic E-state index is 15.2. The first-order valence-corrected chi connectivity index (χ1v) is 14.8. The van der Waals surface area contributed by atoms with Crippen LogP contribution in [0.3, 0.4) is 0 Å². The fourth-order valence-corrected chi connectivity index (χ4v) is 4.42. The molecule has 3 rings (SSSR count). The smallest absolute Gasteiger partial charge is 0.481 e. The van der Waals surface area contributed by atoms with Crippen LogP contribution in [0.5, 0.6) is 0 Å². The number of hydrogen-bond donors (Lipinski definition) is 7. The number of halogens is 4. The Hall–Kier alpha value is -6.52. The number of nitrogens with zero attached hydrogens (tertiary/aromatic N) is 2. The number of alkyl halides is 3. The monoisotopic (exact) mass is 737 g/mol. The Morgan fingerprint density at radius 1 is 0.942 bits per heavy atom. The number of carbonyl (C=O) groups excluding carboxylic acids is 2. The van der Waals surface area contributed by atoms with Crippen LogP contribution in [0.4, 0.5) is 23.2 Å². The van der Waals surface area contributed by atoms with Crippen LogP contribution in [0.2, 0.25) is 0 Å². The number of H-pyrrole nitrogens is 1. The minimum Gasteiger partial charge on any atom is -0.481 e. The number of aromatic nitrogens is 2. The van der Waals surface area contributed by atoms with Gasteiger partial charge in [-0.15, -0.1) is 6.42 Å². The highest BCUT2D eigenvalue weighted by atomic mass is 19.4. The molecule has 7 N–H and O–H groups in total. The van der Waals surface area contributed by atoms with Gasteiger partial charge in [0.15, 0.2) is 0 Å². The zero-order valence-electron chi connectivity index (χ0n) is 27.0. The van der Waals surface area contributed by atoms with E-state index in [2.05, 4.69) is 26.5 Å².